The smallest absolute Gasteiger partial charge is 0.350 e. The van der Waals surface area contributed by atoms with E-state index in [1.807, 2.05) is 0 Å². The molecule has 0 amide bonds. The highest BCUT2D eigenvalue weighted by Crippen LogP contribution is 2.23. The molecule has 0 bridgehead atoms. The minimum Gasteiger partial charge on any atom is -0.361 e. The number of aromatic nitrogens is 3. The van der Waals surface area contributed by atoms with Crippen molar-refractivity contribution in [1.82, 2.24) is 9.56 Å². The second-order valence-electron chi connectivity index (χ2n) is 6.34. The summed E-state index contributed by atoms with van der Waals surface area (Å²) in [6.45, 7) is 3.63. The van der Waals surface area contributed by atoms with Gasteiger partial charge in [0, 0.05) is 17.7 Å². The summed E-state index contributed by atoms with van der Waals surface area (Å²) >= 11 is 0. The highest BCUT2D eigenvalue weighted by atomic mass is 19.1. The average Bonchev–Trinajstić information content (AvgIpc) is 2.98. The lowest BCUT2D eigenvalue weighted by atomic mass is 10.1. The number of rotatable bonds is 3. The van der Waals surface area contributed by atoms with Crippen LogP contribution >= 0.6 is 0 Å². The maximum atomic E-state index is 14.2. The summed E-state index contributed by atoms with van der Waals surface area (Å²) in [4.78, 5) is 13.0. The summed E-state index contributed by atoms with van der Waals surface area (Å²) < 4.78 is 35.8. The Labute approximate surface area is 153 Å². The molecule has 0 N–H and O–H groups in total. The molecule has 0 radical (unpaired) electrons. The van der Waals surface area contributed by atoms with Crippen LogP contribution in [0.5, 0.6) is 0 Å². The van der Waals surface area contributed by atoms with Crippen molar-refractivity contribution in [2.75, 3.05) is 0 Å². The Morgan fingerprint density at radius 1 is 1.19 bits per heavy atom. The Kier molecular flexibility index (Phi) is 4.07. The van der Waals surface area contributed by atoms with Gasteiger partial charge >= 0.3 is 5.56 Å². The van der Waals surface area contributed by atoms with Gasteiger partial charge in [0.15, 0.2) is 0 Å². The topological polar surface area (TPSA) is 51.4 Å². The third kappa shape index (κ3) is 2.91. The normalized spacial score (nSPS) is 11.3. The number of fused-ring (bicyclic) bond motifs is 1. The zero-order valence-corrected chi connectivity index (χ0v) is 14.7. The molecule has 0 aliphatic heterocycles. The lowest BCUT2D eigenvalue weighted by molar-refractivity contribution is -0.665. The lowest BCUT2D eigenvalue weighted by Gasteiger charge is -2.08. The summed E-state index contributed by atoms with van der Waals surface area (Å²) in [7, 11) is 0. The molecule has 27 heavy (non-hydrogen) atoms. The Morgan fingerprint density at radius 3 is 2.70 bits per heavy atom. The first kappa shape index (κ1) is 17.1. The predicted molar refractivity (Wildman–Crippen MR) is 94.3 cm³/mol. The van der Waals surface area contributed by atoms with Crippen LogP contribution in [0.3, 0.4) is 0 Å². The van der Waals surface area contributed by atoms with Gasteiger partial charge in [0.05, 0.1) is 17.5 Å². The van der Waals surface area contributed by atoms with E-state index in [0.717, 1.165) is 6.07 Å². The molecule has 0 aliphatic carbocycles. The van der Waals surface area contributed by atoms with Crippen molar-refractivity contribution >= 4 is 5.65 Å². The van der Waals surface area contributed by atoms with E-state index in [4.69, 9.17) is 4.52 Å². The van der Waals surface area contributed by atoms with E-state index in [2.05, 4.69) is 5.16 Å². The SMILES string of the molecule is Cc1noc(C)c1-c1c[n+](Cc2ccc(F)cc2F)c2ccccn2c1=O. The van der Waals surface area contributed by atoms with Crippen LogP contribution in [-0.2, 0) is 6.54 Å². The van der Waals surface area contributed by atoms with Gasteiger partial charge in [0.2, 0.25) is 0 Å². The molecule has 4 rings (SSSR count). The number of hydrogen-bond acceptors (Lipinski definition) is 3. The van der Waals surface area contributed by atoms with Gasteiger partial charge in [-0.2, -0.15) is 4.40 Å². The van der Waals surface area contributed by atoms with E-state index in [1.165, 1.54) is 16.5 Å². The fraction of sp³-hybridized carbons (Fsp3) is 0.150. The molecule has 0 fully saturated rings. The second kappa shape index (κ2) is 6.42. The first-order valence-corrected chi connectivity index (χ1v) is 8.36. The van der Waals surface area contributed by atoms with Crippen molar-refractivity contribution in [3.63, 3.8) is 0 Å². The molecule has 0 saturated heterocycles. The van der Waals surface area contributed by atoms with Gasteiger partial charge in [-0.1, -0.05) is 11.2 Å². The molecule has 0 saturated carbocycles. The van der Waals surface area contributed by atoms with Crippen molar-refractivity contribution in [3.05, 3.63) is 87.8 Å². The average molecular weight is 368 g/mol. The fourth-order valence-electron chi connectivity index (χ4n) is 3.25. The van der Waals surface area contributed by atoms with E-state index in [9.17, 15) is 13.6 Å². The third-order valence-corrected chi connectivity index (χ3v) is 4.53. The Hall–Kier alpha value is -3.35. The van der Waals surface area contributed by atoms with Crippen LogP contribution < -0.4 is 10.1 Å². The van der Waals surface area contributed by atoms with E-state index in [-0.39, 0.29) is 12.1 Å². The van der Waals surface area contributed by atoms with Gasteiger partial charge in [-0.05, 0) is 32.0 Å². The van der Waals surface area contributed by atoms with Crippen molar-refractivity contribution in [1.29, 1.82) is 0 Å². The van der Waals surface area contributed by atoms with Crippen molar-refractivity contribution < 1.29 is 17.9 Å². The summed E-state index contributed by atoms with van der Waals surface area (Å²) in [5.41, 5.74) is 2.29. The minimum absolute atomic E-state index is 0.135. The van der Waals surface area contributed by atoms with Gasteiger partial charge < -0.3 is 4.52 Å². The van der Waals surface area contributed by atoms with E-state index >= 15 is 0 Å². The van der Waals surface area contributed by atoms with Gasteiger partial charge in [-0.25, -0.2) is 18.1 Å². The van der Waals surface area contributed by atoms with E-state index < -0.39 is 11.6 Å². The van der Waals surface area contributed by atoms with Crippen LogP contribution in [0, 0.1) is 25.5 Å². The number of nitrogens with zero attached hydrogens (tertiary/aromatic N) is 3. The number of aryl methyl sites for hydroxylation is 2. The molecule has 3 heterocycles. The number of halogens is 2. The molecular formula is C20H16F2N3O2+. The van der Waals surface area contributed by atoms with Crippen LogP contribution in [0.1, 0.15) is 17.0 Å². The third-order valence-electron chi connectivity index (χ3n) is 4.53. The summed E-state index contributed by atoms with van der Waals surface area (Å²) in [5, 5.41) is 3.92. The molecule has 1 aromatic carbocycles. The molecule has 0 aliphatic rings. The molecule has 0 unspecified atom stereocenters. The van der Waals surface area contributed by atoms with Gasteiger partial charge in [-0.15, -0.1) is 0 Å². The Bertz CT molecular complexity index is 1210. The van der Waals surface area contributed by atoms with Crippen LogP contribution in [0.2, 0.25) is 0 Å². The monoisotopic (exact) mass is 368 g/mol. The Morgan fingerprint density at radius 2 is 2.00 bits per heavy atom. The molecule has 0 spiro atoms. The van der Waals surface area contributed by atoms with Crippen LogP contribution in [0.4, 0.5) is 8.78 Å². The minimum atomic E-state index is -0.637. The zero-order chi connectivity index (χ0) is 19.1. The van der Waals surface area contributed by atoms with Crippen LogP contribution in [0.15, 0.2) is 58.1 Å². The quantitative estimate of drug-likeness (QED) is 0.522. The van der Waals surface area contributed by atoms with Gasteiger partial charge in [0.25, 0.3) is 5.65 Å². The largest absolute Gasteiger partial charge is 0.361 e. The lowest BCUT2D eigenvalue weighted by Crippen LogP contribution is -2.41. The van der Waals surface area contributed by atoms with Crippen molar-refractivity contribution in [2.45, 2.75) is 20.4 Å². The van der Waals surface area contributed by atoms with Gasteiger partial charge in [-0.3, -0.25) is 0 Å². The molecule has 5 nitrogen and oxygen atoms in total. The van der Waals surface area contributed by atoms with E-state index in [1.54, 1.807) is 49.0 Å². The summed E-state index contributed by atoms with van der Waals surface area (Å²) in [6.07, 6.45) is 3.31. The van der Waals surface area contributed by atoms with Crippen LogP contribution in [0.25, 0.3) is 16.8 Å². The predicted octanol–water partition coefficient (Wildman–Crippen LogP) is 3.19. The summed E-state index contributed by atoms with van der Waals surface area (Å²) in [6, 6.07) is 8.77. The molecular weight excluding hydrogens is 352 g/mol. The summed E-state index contributed by atoms with van der Waals surface area (Å²) in [5.74, 6) is -0.742. The van der Waals surface area contributed by atoms with Crippen molar-refractivity contribution in [2.24, 2.45) is 0 Å². The number of benzene rings is 1. The maximum Gasteiger partial charge on any atom is 0.350 e. The molecule has 0 atom stereocenters. The second-order valence-corrected chi connectivity index (χ2v) is 6.34. The fourth-order valence-corrected chi connectivity index (χ4v) is 3.25. The standard InChI is InChI=1S/C20H16F2N3O2/c1-12-19(13(2)27-23-12)16-11-24(10-14-6-7-15(21)9-17(14)22)18-5-3-4-8-25(18)20(16)26/h3-9,11H,10H2,1-2H3/q+1. The highest BCUT2D eigenvalue weighted by Gasteiger charge is 2.23. The highest BCUT2D eigenvalue weighted by molar-refractivity contribution is 5.66. The maximum absolute atomic E-state index is 14.2. The molecule has 7 heteroatoms. The van der Waals surface area contributed by atoms with Gasteiger partial charge in [0.1, 0.15) is 35.7 Å². The van der Waals surface area contributed by atoms with E-state index in [0.29, 0.717) is 33.8 Å². The number of pyridine rings is 1. The molecule has 4 aromatic rings. The molecule has 136 valence electrons. The Balaban J connectivity index is 1.97. The number of hydrogen-bond donors (Lipinski definition) is 0. The first-order valence-electron chi connectivity index (χ1n) is 8.36. The van der Waals surface area contributed by atoms with Crippen molar-refractivity contribution in [3.8, 4) is 11.1 Å². The van der Waals surface area contributed by atoms with Crippen LogP contribution in [-0.4, -0.2) is 9.56 Å². The zero-order valence-electron chi connectivity index (χ0n) is 14.7. The molecule has 3 aromatic heterocycles. The first-order chi connectivity index (χ1) is 13.0.